The second-order valence-corrected chi connectivity index (χ2v) is 4.54. The van der Waals surface area contributed by atoms with Gasteiger partial charge in [0.05, 0.1) is 6.10 Å². The molecule has 2 aromatic heterocycles. The van der Waals surface area contributed by atoms with Gasteiger partial charge in [0.15, 0.2) is 5.65 Å². The van der Waals surface area contributed by atoms with E-state index in [2.05, 4.69) is 20.5 Å². The molecule has 0 amide bonds. The lowest BCUT2D eigenvalue weighted by Gasteiger charge is -2.16. The number of aliphatic hydroxyl groups excluding tert-OH is 1. The Morgan fingerprint density at radius 3 is 2.94 bits per heavy atom. The summed E-state index contributed by atoms with van der Waals surface area (Å²) in [5.74, 6) is 1.21. The molecular formula is C11H17N5O2. The average Bonchev–Trinajstić information content (AvgIpc) is 2.58. The number of aromatic nitrogens is 4. The number of H-pyrrole nitrogens is 1. The minimum Gasteiger partial charge on any atom is -0.393 e. The summed E-state index contributed by atoms with van der Waals surface area (Å²) in [5.41, 5.74) is 0.234. The van der Waals surface area contributed by atoms with E-state index in [9.17, 15) is 9.90 Å². The first-order valence-corrected chi connectivity index (χ1v) is 5.86. The summed E-state index contributed by atoms with van der Waals surface area (Å²) in [4.78, 5) is 15.7. The number of aliphatic hydroxyl groups is 1. The molecule has 2 aromatic rings. The molecule has 0 saturated heterocycles. The first-order chi connectivity index (χ1) is 8.47. The molecule has 0 aliphatic heterocycles. The van der Waals surface area contributed by atoms with Gasteiger partial charge in [0.25, 0.3) is 0 Å². The lowest BCUT2D eigenvalue weighted by molar-refractivity contribution is 0.179. The van der Waals surface area contributed by atoms with E-state index >= 15 is 0 Å². The van der Waals surface area contributed by atoms with Crippen LogP contribution in [-0.2, 0) is 0 Å². The van der Waals surface area contributed by atoms with Gasteiger partial charge in [-0.25, -0.2) is 19.3 Å². The van der Waals surface area contributed by atoms with Gasteiger partial charge in [-0.15, -0.1) is 0 Å². The standard InChI is InChI=1S/C11H17N5O2/c1-6(4-7(2)17)12-9-5-10-14-15-11(18)16(10)8(3)13-9/h5-7,12,17H,4H2,1-3H3,(H,15,18). The van der Waals surface area contributed by atoms with Crippen LogP contribution in [0.4, 0.5) is 5.82 Å². The van der Waals surface area contributed by atoms with Crippen LogP contribution >= 0.6 is 0 Å². The van der Waals surface area contributed by atoms with Gasteiger partial charge in [0.1, 0.15) is 11.6 Å². The molecule has 3 N–H and O–H groups in total. The van der Waals surface area contributed by atoms with Crippen molar-refractivity contribution in [1.29, 1.82) is 0 Å². The fourth-order valence-electron chi connectivity index (χ4n) is 1.99. The summed E-state index contributed by atoms with van der Waals surface area (Å²) in [7, 11) is 0. The van der Waals surface area contributed by atoms with Crippen LogP contribution in [-0.4, -0.2) is 36.8 Å². The van der Waals surface area contributed by atoms with Gasteiger partial charge >= 0.3 is 5.69 Å². The quantitative estimate of drug-likeness (QED) is 0.726. The van der Waals surface area contributed by atoms with E-state index in [1.165, 1.54) is 4.40 Å². The number of nitrogens with one attached hydrogen (secondary N) is 2. The predicted octanol–water partition coefficient (Wildman–Crippen LogP) is 0.297. The highest BCUT2D eigenvalue weighted by molar-refractivity contribution is 5.49. The van der Waals surface area contributed by atoms with Crippen molar-refractivity contribution < 1.29 is 5.11 Å². The molecule has 0 fully saturated rings. The van der Waals surface area contributed by atoms with Crippen LogP contribution in [0.5, 0.6) is 0 Å². The van der Waals surface area contributed by atoms with Crippen molar-refractivity contribution in [2.45, 2.75) is 39.3 Å². The minimum atomic E-state index is -0.370. The summed E-state index contributed by atoms with van der Waals surface area (Å²) in [5, 5.41) is 18.8. The van der Waals surface area contributed by atoms with Crippen LogP contribution < -0.4 is 11.0 Å². The van der Waals surface area contributed by atoms with Gasteiger partial charge in [0, 0.05) is 12.1 Å². The zero-order valence-corrected chi connectivity index (χ0v) is 10.6. The molecule has 0 radical (unpaired) electrons. The van der Waals surface area contributed by atoms with E-state index in [-0.39, 0.29) is 17.8 Å². The second-order valence-electron chi connectivity index (χ2n) is 4.54. The van der Waals surface area contributed by atoms with Crippen molar-refractivity contribution in [1.82, 2.24) is 19.6 Å². The molecule has 2 heterocycles. The van der Waals surface area contributed by atoms with Crippen molar-refractivity contribution >= 4 is 11.5 Å². The summed E-state index contributed by atoms with van der Waals surface area (Å²) in [6.45, 7) is 5.45. The number of fused-ring (bicyclic) bond motifs is 1. The Labute approximate surface area is 104 Å². The third-order valence-electron chi connectivity index (χ3n) is 2.66. The second kappa shape index (κ2) is 4.77. The lowest BCUT2D eigenvalue weighted by atomic mass is 10.1. The largest absolute Gasteiger partial charge is 0.393 e. The van der Waals surface area contributed by atoms with Crippen molar-refractivity contribution in [3.05, 3.63) is 22.4 Å². The topological polar surface area (TPSA) is 95.3 Å². The molecule has 2 rings (SSSR count). The van der Waals surface area contributed by atoms with Crippen molar-refractivity contribution in [2.75, 3.05) is 5.32 Å². The Morgan fingerprint density at radius 2 is 2.28 bits per heavy atom. The van der Waals surface area contributed by atoms with Crippen LogP contribution in [0, 0.1) is 6.92 Å². The van der Waals surface area contributed by atoms with Gasteiger partial charge in [-0.1, -0.05) is 0 Å². The van der Waals surface area contributed by atoms with Crippen LogP contribution in [0.15, 0.2) is 10.9 Å². The molecule has 2 unspecified atom stereocenters. The van der Waals surface area contributed by atoms with Gasteiger partial charge in [0.2, 0.25) is 0 Å². The Hall–Kier alpha value is -1.89. The van der Waals surface area contributed by atoms with E-state index < -0.39 is 0 Å². The Morgan fingerprint density at radius 1 is 1.56 bits per heavy atom. The maximum Gasteiger partial charge on any atom is 0.349 e. The maximum absolute atomic E-state index is 11.4. The third-order valence-corrected chi connectivity index (χ3v) is 2.66. The SMILES string of the molecule is Cc1nc(NC(C)CC(C)O)cc2n[nH]c(=O)n12. The summed E-state index contributed by atoms with van der Waals surface area (Å²) >= 11 is 0. The smallest absolute Gasteiger partial charge is 0.349 e. The van der Waals surface area contributed by atoms with E-state index in [4.69, 9.17) is 0 Å². The fraction of sp³-hybridized carbons (Fsp3) is 0.545. The molecule has 0 aliphatic carbocycles. The molecule has 0 bridgehead atoms. The van der Waals surface area contributed by atoms with E-state index in [0.29, 0.717) is 23.7 Å². The number of hydrogen-bond acceptors (Lipinski definition) is 5. The highest BCUT2D eigenvalue weighted by Gasteiger charge is 2.10. The Bertz CT molecular complexity index is 601. The van der Waals surface area contributed by atoms with E-state index in [1.54, 1.807) is 19.9 Å². The first-order valence-electron chi connectivity index (χ1n) is 5.86. The third kappa shape index (κ3) is 2.51. The van der Waals surface area contributed by atoms with Crippen LogP contribution in [0.2, 0.25) is 0 Å². The molecule has 0 saturated carbocycles. The van der Waals surface area contributed by atoms with Crippen molar-refractivity contribution in [3.8, 4) is 0 Å². The summed E-state index contributed by atoms with van der Waals surface area (Å²) in [6, 6.07) is 1.79. The van der Waals surface area contributed by atoms with Gasteiger partial charge in [-0.05, 0) is 27.2 Å². The molecule has 2 atom stereocenters. The number of rotatable bonds is 4. The van der Waals surface area contributed by atoms with Crippen molar-refractivity contribution in [2.24, 2.45) is 0 Å². The van der Waals surface area contributed by atoms with Gasteiger partial charge in [-0.3, -0.25) is 0 Å². The number of hydrogen-bond donors (Lipinski definition) is 3. The zero-order valence-electron chi connectivity index (χ0n) is 10.6. The number of nitrogens with zero attached hydrogens (tertiary/aromatic N) is 3. The maximum atomic E-state index is 11.4. The summed E-state index contributed by atoms with van der Waals surface area (Å²) < 4.78 is 1.41. The molecule has 0 spiro atoms. The molecule has 7 nitrogen and oxygen atoms in total. The zero-order chi connectivity index (χ0) is 13.3. The molecule has 18 heavy (non-hydrogen) atoms. The molecular weight excluding hydrogens is 234 g/mol. The lowest BCUT2D eigenvalue weighted by Crippen LogP contribution is -2.22. The minimum absolute atomic E-state index is 0.0880. The van der Waals surface area contributed by atoms with Crippen LogP contribution in [0.25, 0.3) is 5.65 Å². The highest BCUT2D eigenvalue weighted by atomic mass is 16.3. The molecule has 0 aliphatic rings. The number of anilines is 1. The van der Waals surface area contributed by atoms with Crippen LogP contribution in [0.3, 0.4) is 0 Å². The molecule has 98 valence electrons. The van der Waals surface area contributed by atoms with Crippen molar-refractivity contribution in [3.63, 3.8) is 0 Å². The van der Waals surface area contributed by atoms with E-state index in [0.717, 1.165) is 0 Å². The normalized spacial score (nSPS) is 14.7. The Balaban J connectivity index is 2.27. The average molecular weight is 251 g/mol. The van der Waals surface area contributed by atoms with Gasteiger partial charge in [-0.2, -0.15) is 5.10 Å². The number of aromatic amines is 1. The molecule has 0 aromatic carbocycles. The monoisotopic (exact) mass is 251 g/mol. The van der Waals surface area contributed by atoms with E-state index in [1.807, 2.05) is 6.92 Å². The Kier molecular flexibility index (Phi) is 3.33. The van der Waals surface area contributed by atoms with Crippen LogP contribution in [0.1, 0.15) is 26.1 Å². The number of aryl methyl sites for hydroxylation is 1. The molecule has 7 heteroatoms. The first kappa shape index (κ1) is 12.6. The highest BCUT2D eigenvalue weighted by Crippen LogP contribution is 2.11. The fourth-order valence-corrected chi connectivity index (χ4v) is 1.99. The summed E-state index contributed by atoms with van der Waals surface area (Å²) in [6.07, 6.45) is 0.254. The van der Waals surface area contributed by atoms with Gasteiger partial charge < -0.3 is 10.4 Å². The predicted molar refractivity (Wildman–Crippen MR) is 67.7 cm³/mol.